The number of rotatable bonds is 4. The second-order valence-corrected chi connectivity index (χ2v) is 6.85. The number of hydrogen-bond acceptors (Lipinski definition) is 2. The van der Waals surface area contributed by atoms with Gasteiger partial charge in [-0.25, -0.2) is 0 Å². The highest BCUT2D eigenvalue weighted by Gasteiger charge is 2.36. The molecule has 0 bridgehead atoms. The predicted molar refractivity (Wildman–Crippen MR) is 86.1 cm³/mol. The number of nitrogens with one attached hydrogen (secondary N) is 1. The molecule has 1 aromatic rings. The van der Waals surface area contributed by atoms with Crippen molar-refractivity contribution in [2.75, 3.05) is 20.6 Å². The zero-order chi connectivity index (χ0) is 14.8. The van der Waals surface area contributed by atoms with Crippen LogP contribution in [0.1, 0.15) is 41.6 Å². The molecule has 0 aromatic heterocycles. The molecular formula is C16H23BrN2O. The van der Waals surface area contributed by atoms with Gasteiger partial charge in [0, 0.05) is 16.6 Å². The number of hydrogen-bond donors (Lipinski definition) is 1. The number of amides is 1. The van der Waals surface area contributed by atoms with Crippen molar-refractivity contribution in [1.29, 1.82) is 0 Å². The highest BCUT2D eigenvalue weighted by molar-refractivity contribution is 9.10. The van der Waals surface area contributed by atoms with E-state index in [2.05, 4.69) is 40.2 Å². The van der Waals surface area contributed by atoms with Crippen LogP contribution in [0.3, 0.4) is 0 Å². The van der Waals surface area contributed by atoms with Crippen LogP contribution in [-0.2, 0) is 0 Å². The lowest BCUT2D eigenvalue weighted by Crippen LogP contribution is -2.50. The van der Waals surface area contributed by atoms with Crippen molar-refractivity contribution in [2.24, 2.45) is 0 Å². The Bertz CT molecular complexity index is 493. The molecule has 1 saturated carbocycles. The summed E-state index contributed by atoms with van der Waals surface area (Å²) in [7, 11) is 4.22. The summed E-state index contributed by atoms with van der Waals surface area (Å²) in [5.41, 5.74) is 1.99. The quantitative estimate of drug-likeness (QED) is 0.912. The minimum Gasteiger partial charge on any atom is -0.350 e. The van der Waals surface area contributed by atoms with Crippen molar-refractivity contribution in [1.82, 2.24) is 10.2 Å². The molecule has 1 aliphatic carbocycles. The number of carbonyl (C=O) groups excluding carboxylic acids is 1. The number of nitrogens with zero attached hydrogens (tertiary/aromatic N) is 1. The van der Waals surface area contributed by atoms with Gasteiger partial charge in [0.1, 0.15) is 0 Å². The Morgan fingerprint density at radius 2 is 2.00 bits per heavy atom. The average Bonchev–Trinajstić information content (AvgIpc) is 2.86. The van der Waals surface area contributed by atoms with E-state index >= 15 is 0 Å². The fourth-order valence-electron chi connectivity index (χ4n) is 2.96. The van der Waals surface area contributed by atoms with E-state index < -0.39 is 0 Å². The maximum atomic E-state index is 12.3. The molecule has 1 amide bonds. The molecule has 3 nitrogen and oxygen atoms in total. The van der Waals surface area contributed by atoms with Gasteiger partial charge >= 0.3 is 0 Å². The van der Waals surface area contributed by atoms with E-state index in [-0.39, 0.29) is 11.4 Å². The first-order chi connectivity index (χ1) is 9.44. The van der Waals surface area contributed by atoms with Gasteiger partial charge in [-0.3, -0.25) is 4.79 Å². The molecule has 2 rings (SSSR count). The Balaban J connectivity index is 2.04. The van der Waals surface area contributed by atoms with Crippen LogP contribution < -0.4 is 5.32 Å². The number of carbonyl (C=O) groups is 1. The maximum absolute atomic E-state index is 12.3. The lowest BCUT2D eigenvalue weighted by Gasteiger charge is -2.36. The average molecular weight is 339 g/mol. The SMILES string of the molecule is Cc1ccc(C(=O)NCC2(N(C)C)CCCC2)c(Br)c1. The van der Waals surface area contributed by atoms with E-state index in [9.17, 15) is 4.79 Å². The Kier molecular flexibility index (Phi) is 4.86. The van der Waals surface area contributed by atoms with Crippen LogP contribution >= 0.6 is 15.9 Å². The van der Waals surface area contributed by atoms with E-state index in [1.54, 1.807) is 0 Å². The van der Waals surface area contributed by atoms with Crippen molar-refractivity contribution in [3.8, 4) is 0 Å². The summed E-state index contributed by atoms with van der Waals surface area (Å²) in [4.78, 5) is 14.6. The second kappa shape index (κ2) is 6.27. The number of halogens is 1. The van der Waals surface area contributed by atoms with Crippen LogP contribution in [0.4, 0.5) is 0 Å². The highest BCUT2D eigenvalue weighted by atomic mass is 79.9. The van der Waals surface area contributed by atoms with Crippen LogP contribution in [0.25, 0.3) is 0 Å². The first kappa shape index (κ1) is 15.5. The Morgan fingerprint density at radius 1 is 1.35 bits per heavy atom. The third-order valence-electron chi connectivity index (χ3n) is 4.43. The third kappa shape index (κ3) is 3.23. The monoisotopic (exact) mass is 338 g/mol. The van der Waals surface area contributed by atoms with Crippen molar-refractivity contribution in [3.05, 3.63) is 33.8 Å². The molecular weight excluding hydrogens is 316 g/mol. The molecule has 0 radical (unpaired) electrons. The topological polar surface area (TPSA) is 32.3 Å². The van der Waals surface area contributed by atoms with Gasteiger partial charge in [-0.1, -0.05) is 18.9 Å². The summed E-state index contributed by atoms with van der Waals surface area (Å²) >= 11 is 3.47. The van der Waals surface area contributed by atoms with Gasteiger partial charge in [0.05, 0.1) is 5.56 Å². The summed E-state index contributed by atoms with van der Waals surface area (Å²) in [6.07, 6.45) is 4.83. The van der Waals surface area contributed by atoms with Gasteiger partial charge in [0.2, 0.25) is 0 Å². The van der Waals surface area contributed by atoms with Crippen LogP contribution in [-0.4, -0.2) is 37.0 Å². The highest BCUT2D eigenvalue weighted by Crippen LogP contribution is 2.33. The van der Waals surface area contributed by atoms with Gasteiger partial charge in [-0.05, 0) is 67.5 Å². The van der Waals surface area contributed by atoms with E-state index in [4.69, 9.17) is 0 Å². The van der Waals surface area contributed by atoms with Gasteiger partial charge < -0.3 is 10.2 Å². The summed E-state index contributed by atoms with van der Waals surface area (Å²) in [6.45, 7) is 2.74. The summed E-state index contributed by atoms with van der Waals surface area (Å²) < 4.78 is 0.861. The van der Waals surface area contributed by atoms with Crippen molar-refractivity contribution in [3.63, 3.8) is 0 Å². The Morgan fingerprint density at radius 3 is 2.55 bits per heavy atom. The Hall–Kier alpha value is -0.870. The minimum atomic E-state index is 0.00463. The van der Waals surface area contributed by atoms with Crippen LogP contribution in [0.5, 0.6) is 0 Å². The molecule has 1 aromatic carbocycles. The zero-order valence-electron chi connectivity index (χ0n) is 12.5. The molecule has 0 aliphatic heterocycles. The van der Waals surface area contributed by atoms with E-state index in [1.165, 1.54) is 12.8 Å². The van der Waals surface area contributed by atoms with Crippen molar-refractivity contribution >= 4 is 21.8 Å². The molecule has 0 unspecified atom stereocenters. The van der Waals surface area contributed by atoms with Gasteiger partial charge in [-0.15, -0.1) is 0 Å². The largest absolute Gasteiger partial charge is 0.350 e. The van der Waals surface area contributed by atoms with Gasteiger partial charge in [0.15, 0.2) is 0 Å². The first-order valence-corrected chi connectivity index (χ1v) is 7.96. The fourth-order valence-corrected chi connectivity index (χ4v) is 3.63. The first-order valence-electron chi connectivity index (χ1n) is 7.16. The predicted octanol–water partition coefficient (Wildman–Crippen LogP) is 3.36. The number of aryl methyl sites for hydroxylation is 1. The molecule has 0 saturated heterocycles. The summed E-state index contributed by atoms with van der Waals surface area (Å²) in [5, 5.41) is 3.11. The molecule has 110 valence electrons. The van der Waals surface area contributed by atoms with Gasteiger partial charge in [-0.2, -0.15) is 0 Å². The molecule has 1 N–H and O–H groups in total. The molecule has 20 heavy (non-hydrogen) atoms. The minimum absolute atomic E-state index is 0.00463. The van der Waals surface area contributed by atoms with E-state index in [1.807, 2.05) is 25.1 Å². The molecule has 0 heterocycles. The lowest BCUT2D eigenvalue weighted by atomic mass is 9.96. The fraction of sp³-hybridized carbons (Fsp3) is 0.562. The molecule has 0 atom stereocenters. The van der Waals surface area contributed by atoms with Gasteiger partial charge in [0.25, 0.3) is 5.91 Å². The maximum Gasteiger partial charge on any atom is 0.252 e. The summed E-state index contributed by atoms with van der Waals surface area (Å²) in [5.74, 6) is 0.00463. The van der Waals surface area contributed by atoms with E-state index in [0.717, 1.165) is 29.4 Å². The van der Waals surface area contributed by atoms with E-state index in [0.29, 0.717) is 5.56 Å². The molecule has 1 fully saturated rings. The number of likely N-dealkylation sites (N-methyl/N-ethyl adjacent to an activating group) is 1. The molecule has 4 heteroatoms. The standard InChI is InChI=1S/C16H23BrN2O/c1-12-6-7-13(14(17)10-12)15(20)18-11-16(19(2)3)8-4-5-9-16/h6-7,10H,4-5,8-9,11H2,1-3H3,(H,18,20). The molecule has 0 spiro atoms. The zero-order valence-corrected chi connectivity index (χ0v) is 14.1. The van der Waals surface area contributed by atoms with Crippen molar-refractivity contribution < 1.29 is 4.79 Å². The third-order valence-corrected chi connectivity index (χ3v) is 5.09. The van der Waals surface area contributed by atoms with Crippen LogP contribution in [0.15, 0.2) is 22.7 Å². The smallest absolute Gasteiger partial charge is 0.252 e. The Labute approximate surface area is 129 Å². The normalized spacial score (nSPS) is 17.4. The second-order valence-electron chi connectivity index (χ2n) is 5.99. The molecule has 1 aliphatic rings. The lowest BCUT2D eigenvalue weighted by molar-refractivity contribution is 0.0899. The summed E-state index contributed by atoms with van der Waals surface area (Å²) in [6, 6.07) is 5.83. The van der Waals surface area contributed by atoms with Crippen LogP contribution in [0, 0.1) is 6.92 Å². The number of benzene rings is 1. The van der Waals surface area contributed by atoms with Crippen LogP contribution in [0.2, 0.25) is 0 Å². The van der Waals surface area contributed by atoms with Crippen molar-refractivity contribution in [2.45, 2.75) is 38.1 Å².